The maximum absolute atomic E-state index is 13.1. The van der Waals surface area contributed by atoms with Crippen LogP contribution in [-0.2, 0) is 16.6 Å². The molecule has 1 aliphatic carbocycles. The third-order valence-corrected chi connectivity index (χ3v) is 4.30. The van der Waals surface area contributed by atoms with Crippen molar-refractivity contribution in [2.24, 2.45) is 11.7 Å². The number of rotatable bonds is 5. The lowest BCUT2D eigenvalue weighted by atomic mass is 10.2. The van der Waals surface area contributed by atoms with E-state index < -0.39 is 15.8 Å². The lowest BCUT2D eigenvalue weighted by Crippen LogP contribution is -2.27. The van der Waals surface area contributed by atoms with Gasteiger partial charge in [-0.3, -0.25) is 0 Å². The molecule has 2 rings (SSSR count). The Kier molecular flexibility index (Phi) is 3.46. The number of hydrogen-bond donors (Lipinski definition) is 2. The molecule has 0 heterocycles. The normalized spacial score (nSPS) is 16.1. The van der Waals surface area contributed by atoms with E-state index >= 15 is 0 Å². The number of halogens is 1. The standard InChI is InChI=1S/C11H15FN2O2S/c12-10-4-3-9(6-13)11(5-10)17(15,16)14-7-8-1-2-8/h3-5,8,14H,1-2,6-7,13H2. The quantitative estimate of drug-likeness (QED) is 0.826. The number of nitrogens with one attached hydrogen (secondary N) is 1. The highest BCUT2D eigenvalue weighted by Gasteiger charge is 2.25. The zero-order valence-electron chi connectivity index (χ0n) is 9.32. The largest absolute Gasteiger partial charge is 0.326 e. The van der Waals surface area contributed by atoms with Gasteiger partial charge in [0.1, 0.15) is 5.82 Å². The van der Waals surface area contributed by atoms with Crippen molar-refractivity contribution in [3.8, 4) is 0 Å². The van der Waals surface area contributed by atoms with Crippen LogP contribution in [0.15, 0.2) is 23.1 Å². The third-order valence-electron chi connectivity index (χ3n) is 2.80. The van der Waals surface area contributed by atoms with Gasteiger partial charge in [-0.2, -0.15) is 0 Å². The Morgan fingerprint density at radius 1 is 1.41 bits per heavy atom. The summed E-state index contributed by atoms with van der Waals surface area (Å²) in [5.74, 6) is -0.145. The molecule has 0 saturated heterocycles. The molecule has 1 aliphatic rings. The molecule has 0 radical (unpaired) electrons. The number of benzene rings is 1. The minimum Gasteiger partial charge on any atom is -0.326 e. The van der Waals surface area contributed by atoms with E-state index in [9.17, 15) is 12.8 Å². The highest BCUT2D eigenvalue weighted by molar-refractivity contribution is 7.89. The number of nitrogens with two attached hydrogens (primary N) is 1. The average molecular weight is 258 g/mol. The van der Waals surface area contributed by atoms with Crippen molar-refractivity contribution in [3.63, 3.8) is 0 Å². The third kappa shape index (κ3) is 3.02. The zero-order valence-corrected chi connectivity index (χ0v) is 10.1. The highest BCUT2D eigenvalue weighted by atomic mass is 32.2. The molecule has 0 amide bonds. The smallest absolute Gasteiger partial charge is 0.241 e. The van der Waals surface area contributed by atoms with Gasteiger partial charge in [0.2, 0.25) is 10.0 Å². The molecule has 1 saturated carbocycles. The fourth-order valence-corrected chi connectivity index (χ4v) is 2.95. The molecule has 1 aromatic rings. The minimum atomic E-state index is -3.65. The molecule has 0 aliphatic heterocycles. The van der Waals surface area contributed by atoms with Crippen molar-refractivity contribution in [3.05, 3.63) is 29.6 Å². The summed E-state index contributed by atoms with van der Waals surface area (Å²) < 4.78 is 39.5. The van der Waals surface area contributed by atoms with Crippen LogP contribution < -0.4 is 10.5 Å². The van der Waals surface area contributed by atoms with Crippen molar-refractivity contribution in [1.29, 1.82) is 0 Å². The molecule has 0 spiro atoms. The fourth-order valence-electron chi connectivity index (χ4n) is 1.57. The van der Waals surface area contributed by atoms with Crippen LogP contribution in [-0.4, -0.2) is 15.0 Å². The SMILES string of the molecule is NCc1ccc(F)cc1S(=O)(=O)NCC1CC1. The molecule has 6 heteroatoms. The lowest BCUT2D eigenvalue weighted by molar-refractivity contribution is 0.572. The summed E-state index contributed by atoms with van der Waals surface area (Å²) >= 11 is 0. The zero-order chi connectivity index (χ0) is 12.5. The summed E-state index contributed by atoms with van der Waals surface area (Å²) in [6.07, 6.45) is 2.10. The Morgan fingerprint density at radius 3 is 2.71 bits per heavy atom. The van der Waals surface area contributed by atoms with Crippen molar-refractivity contribution >= 4 is 10.0 Å². The van der Waals surface area contributed by atoms with Crippen LogP contribution in [0.5, 0.6) is 0 Å². The highest BCUT2D eigenvalue weighted by Crippen LogP contribution is 2.28. The first kappa shape index (κ1) is 12.5. The predicted molar refractivity (Wildman–Crippen MR) is 62.2 cm³/mol. The summed E-state index contributed by atoms with van der Waals surface area (Å²) in [5, 5.41) is 0. The molecule has 3 N–H and O–H groups in total. The molecular formula is C11H15FN2O2S. The van der Waals surface area contributed by atoms with Crippen LogP contribution in [0.2, 0.25) is 0 Å². The van der Waals surface area contributed by atoms with Crippen LogP contribution in [0.3, 0.4) is 0 Å². The molecule has 1 fully saturated rings. The molecule has 94 valence electrons. The molecule has 0 bridgehead atoms. The van der Waals surface area contributed by atoms with Crippen molar-refractivity contribution < 1.29 is 12.8 Å². The first-order valence-electron chi connectivity index (χ1n) is 5.51. The second-order valence-corrected chi connectivity index (χ2v) is 5.99. The summed E-state index contributed by atoms with van der Waals surface area (Å²) in [6, 6.07) is 3.63. The molecular weight excluding hydrogens is 243 g/mol. The summed E-state index contributed by atoms with van der Waals surface area (Å²) in [7, 11) is -3.65. The molecule has 1 aromatic carbocycles. The number of sulfonamides is 1. The Labute approximate surface area is 100 Å². The molecule has 0 atom stereocenters. The van der Waals surface area contributed by atoms with Gasteiger partial charge in [-0.25, -0.2) is 17.5 Å². The predicted octanol–water partition coefficient (Wildman–Crippen LogP) is 0.973. The average Bonchev–Trinajstić information content (AvgIpc) is 3.10. The first-order chi connectivity index (χ1) is 8.03. The van der Waals surface area contributed by atoms with Gasteiger partial charge in [-0.05, 0) is 36.5 Å². The monoisotopic (exact) mass is 258 g/mol. The van der Waals surface area contributed by atoms with E-state index in [1.54, 1.807) is 0 Å². The van der Waals surface area contributed by atoms with Crippen LogP contribution in [0.4, 0.5) is 4.39 Å². The summed E-state index contributed by atoms with van der Waals surface area (Å²) in [5.41, 5.74) is 5.88. The number of hydrogen-bond acceptors (Lipinski definition) is 3. The maximum atomic E-state index is 13.1. The van der Waals surface area contributed by atoms with E-state index in [1.165, 1.54) is 12.1 Å². The summed E-state index contributed by atoms with van der Waals surface area (Å²) in [4.78, 5) is -0.0550. The van der Waals surface area contributed by atoms with Gasteiger partial charge >= 0.3 is 0 Å². The van der Waals surface area contributed by atoms with E-state index in [4.69, 9.17) is 5.73 Å². The van der Waals surface area contributed by atoms with Gasteiger partial charge in [0, 0.05) is 13.1 Å². The molecule has 0 aromatic heterocycles. The first-order valence-corrected chi connectivity index (χ1v) is 6.99. The van der Waals surface area contributed by atoms with Gasteiger partial charge in [0.25, 0.3) is 0 Å². The van der Waals surface area contributed by atoms with Crippen LogP contribution >= 0.6 is 0 Å². The van der Waals surface area contributed by atoms with Gasteiger partial charge < -0.3 is 5.73 Å². The topological polar surface area (TPSA) is 72.2 Å². The van der Waals surface area contributed by atoms with E-state index in [0.29, 0.717) is 18.0 Å². The van der Waals surface area contributed by atoms with E-state index in [-0.39, 0.29) is 11.4 Å². The van der Waals surface area contributed by atoms with Crippen LogP contribution in [0.25, 0.3) is 0 Å². The van der Waals surface area contributed by atoms with Gasteiger partial charge in [-0.15, -0.1) is 0 Å². The Balaban J connectivity index is 2.26. The Hall–Kier alpha value is -0.980. The maximum Gasteiger partial charge on any atom is 0.241 e. The molecule has 17 heavy (non-hydrogen) atoms. The van der Waals surface area contributed by atoms with Crippen molar-refractivity contribution in [1.82, 2.24) is 4.72 Å². The van der Waals surface area contributed by atoms with E-state index in [0.717, 1.165) is 18.9 Å². The van der Waals surface area contributed by atoms with Gasteiger partial charge in [-0.1, -0.05) is 6.07 Å². The molecule has 4 nitrogen and oxygen atoms in total. The Bertz CT molecular complexity index is 512. The van der Waals surface area contributed by atoms with E-state index in [1.807, 2.05) is 0 Å². The lowest BCUT2D eigenvalue weighted by Gasteiger charge is -2.10. The van der Waals surface area contributed by atoms with E-state index in [2.05, 4.69) is 4.72 Å². The van der Waals surface area contributed by atoms with Crippen LogP contribution in [0, 0.1) is 11.7 Å². The molecule has 0 unspecified atom stereocenters. The van der Waals surface area contributed by atoms with Gasteiger partial charge in [0.15, 0.2) is 0 Å². The van der Waals surface area contributed by atoms with Crippen molar-refractivity contribution in [2.45, 2.75) is 24.3 Å². The van der Waals surface area contributed by atoms with Gasteiger partial charge in [0.05, 0.1) is 4.90 Å². The minimum absolute atomic E-state index is 0.0550. The summed E-state index contributed by atoms with van der Waals surface area (Å²) in [6.45, 7) is 0.489. The van der Waals surface area contributed by atoms with Crippen molar-refractivity contribution in [2.75, 3.05) is 6.54 Å². The second-order valence-electron chi connectivity index (χ2n) is 4.25. The second kappa shape index (κ2) is 4.72. The fraction of sp³-hybridized carbons (Fsp3) is 0.455. The Morgan fingerprint density at radius 2 is 2.12 bits per heavy atom. The van der Waals surface area contributed by atoms with Crippen LogP contribution in [0.1, 0.15) is 18.4 Å².